The second kappa shape index (κ2) is 6.25. The molecule has 0 amide bonds. The lowest BCUT2D eigenvalue weighted by molar-refractivity contribution is 0.137. The van der Waals surface area contributed by atoms with Crippen molar-refractivity contribution in [2.45, 2.75) is 19.4 Å². The zero-order valence-corrected chi connectivity index (χ0v) is 13.4. The maximum atomic E-state index is 12.9. The van der Waals surface area contributed by atoms with Crippen molar-refractivity contribution in [2.75, 3.05) is 5.32 Å². The van der Waals surface area contributed by atoms with Crippen LogP contribution in [0.25, 0.3) is 5.65 Å². The third-order valence-corrected chi connectivity index (χ3v) is 3.84. The number of benzene rings is 1. The first-order chi connectivity index (χ1) is 11.0. The highest BCUT2D eigenvalue weighted by Crippen LogP contribution is 2.28. The molecular formula is C14H11Cl2F2N5. The highest BCUT2D eigenvalue weighted by molar-refractivity contribution is 6.35. The molecule has 0 aliphatic heterocycles. The second-order valence-corrected chi connectivity index (χ2v) is 5.72. The summed E-state index contributed by atoms with van der Waals surface area (Å²) in [6.07, 6.45) is -2.75. The van der Waals surface area contributed by atoms with Gasteiger partial charge in [0.1, 0.15) is 5.82 Å². The van der Waals surface area contributed by atoms with Crippen LogP contribution in [0.4, 0.5) is 14.6 Å². The third-order valence-electron chi connectivity index (χ3n) is 3.28. The molecule has 5 nitrogen and oxygen atoms in total. The van der Waals surface area contributed by atoms with Crippen molar-refractivity contribution < 1.29 is 8.78 Å². The molecule has 9 heteroatoms. The van der Waals surface area contributed by atoms with Gasteiger partial charge in [0.15, 0.2) is 5.65 Å². The van der Waals surface area contributed by atoms with Gasteiger partial charge in [-0.3, -0.25) is 0 Å². The Kier molecular flexibility index (Phi) is 4.32. The lowest BCUT2D eigenvalue weighted by Gasteiger charge is -2.16. The molecule has 0 saturated carbocycles. The average molecular weight is 358 g/mol. The maximum absolute atomic E-state index is 12.9. The van der Waals surface area contributed by atoms with E-state index in [4.69, 9.17) is 23.2 Å². The summed E-state index contributed by atoms with van der Waals surface area (Å²) >= 11 is 12.0. The van der Waals surface area contributed by atoms with Crippen molar-refractivity contribution >= 4 is 34.7 Å². The van der Waals surface area contributed by atoms with Crippen molar-refractivity contribution in [1.82, 2.24) is 19.8 Å². The number of hydrogen-bond donors (Lipinski definition) is 1. The summed E-state index contributed by atoms with van der Waals surface area (Å²) in [7, 11) is 0. The average Bonchev–Trinajstić information content (AvgIpc) is 2.90. The molecule has 1 aromatic carbocycles. The van der Waals surface area contributed by atoms with Crippen molar-refractivity contribution in [3.05, 3.63) is 51.8 Å². The summed E-state index contributed by atoms with van der Waals surface area (Å²) in [6, 6.07) is 8.17. The Hall–Kier alpha value is -1.99. The normalized spacial score (nSPS) is 12.8. The molecule has 0 fully saturated rings. The fraction of sp³-hybridized carbons (Fsp3) is 0.214. The molecule has 0 bridgehead atoms. The van der Waals surface area contributed by atoms with Crippen molar-refractivity contribution in [1.29, 1.82) is 0 Å². The Morgan fingerprint density at radius 3 is 2.61 bits per heavy atom. The molecule has 1 N–H and O–H groups in total. The quantitative estimate of drug-likeness (QED) is 0.744. The predicted molar refractivity (Wildman–Crippen MR) is 84.2 cm³/mol. The monoisotopic (exact) mass is 357 g/mol. The molecule has 0 aliphatic carbocycles. The first-order valence-corrected chi connectivity index (χ1v) is 7.43. The van der Waals surface area contributed by atoms with Crippen LogP contribution in [0.15, 0.2) is 30.3 Å². The molecule has 0 aliphatic rings. The van der Waals surface area contributed by atoms with Crippen LogP contribution in [0.5, 0.6) is 0 Å². The zero-order valence-electron chi connectivity index (χ0n) is 11.8. The fourth-order valence-electron chi connectivity index (χ4n) is 2.17. The molecule has 0 radical (unpaired) electrons. The molecular weight excluding hydrogens is 347 g/mol. The van der Waals surface area contributed by atoms with E-state index in [-0.39, 0.29) is 11.7 Å². The molecule has 23 heavy (non-hydrogen) atoms. The number of halogens is 4. The SMILES string of the molecule is C[C@H](Nc1ccc2nnc(C(F)F)n2n1)c1ccc(Cl)cc1Cl. The zero-order chi connectivity index (χ0) is 16.6. The van der Waals surface area contributed by atoms with Crippen molar-refractivity contribution in [2.24, 2.45) is 0 Å². The Morgan fingerprint density at radius 1 is 1.13 bits per heavy atom. The topological polar surface area (TPSA) is 55.1 Å². The van der Waals surface area contributed by atoms with Crippen LogP contribution in [0.3, 0.4) is 0 Å². The number of nitrogens with zero attached hydrogens (tertiary/aromatic N) is 4. The van der Waals surface area contributed by atoms with Gasteiger partial charge in [0, 0.05) is 10.0 Å². The first-order valence-electron chi connectivity index (χ1n) is 6.67. The van der Waals surface area contributed by atoms with Gasteiger partial charge in [-0.1, -0.05) is 29.3 Å². The minimum atomic E-state index is -2.75. The number of aromatic nitrogens is 4. The minimum absolute atomic E-state index is 0.198. The maximum Gasteiger partial charge on any atom is 0.299 e. The Labute approximate surface area is 140 Å². The third kappa shape index (κ3) is 3.20. The van der Waals surface area contributed by atoms with Crippen LogP contribution in [0, 0.1) is 0 Å². The number of alkyl halides is 2. The Balaban J connectivity index is 1.90. The van der Waals surface area contributed by atoms with E-state index in [9.17, 15) is 8.78 Å². The van der Waals surface area contributed by atoms with Gasteiger partial charge in [0.2, 0.25) is 5.82 Å². The molecule has 0 unspecified atom stereocenters. The van der Waals surface area contributed by atoms with Gasteiger partial charge < -0.3 is 5.32 Å². The van der Waals surface area contributed by atoms with E-state index in [1.54, 1.807) is 30.3 Å². The lowest BCUT2D eigenvalue weighted by atomic mass is 10.1. The summed E-state index contributed by atoms with van der Waals surface area (Å²) in [4.78, 5) is 0. The summed E-state index contributed by atoms with van der Waals surface area (Å²) in [5, 5.41) is 15.3. The van der Waals surface area contributed by atoms with E-state index in [1.165, 1.54) is 0 Å². The summed E-state index contributed by atoms with van der Waals surface area (Å²) < 4.78 is 26.8. The van der Waals surface area contributed by atoms with E-state index in [2.05, 4.69) is 20.6 Å². The van der Waals surface area contributed by atoms with Crippen LogP contribution < -0.4 is 5.32 Å². The highest BCUT2D eigenvalue weighted by atomic mass is 35.5. The molecule has 0 spiro atoms. The minimum Gasteiger partial charge on any atom is -0.362 e. The van der Waals surface area contributed by atoms with Crippen LogP contribution in [-0.2, 0) is 0 Å². The lowest BCUT2D eigenvalue weighted by Crippen LogP contribution is -2.10. The first kappa shape index (κ1) is 15.9. The van der Waals surface area contributed by atoms with Gasteiger partial charge in [-0.15, -0.1) is 15.3 Å². The highest BCUT2D eigenvalue weighted by Gasteiger charge is 2.17. The van der Waals surface area contributed by atoms with Gasteiger partial charge in [-0.05, 0) is 36.8 Å². The number of hydrogen-bond acceptors (Lipinski definition) is 4. The van der Waals surface area contributed by atoms with E-state index < -0.39 is 12.2 Å². The standard InChI is InChI=1S/C14H11Cl2F2N5/c1-7(9-3-2-8(15)6-10(9)16)19-11-4-5-12-20-21-14(13(17)18)23(12)22-11/h2-7,13H,1H3,(H,19,22)/t7-/m0/s1. The Bertz CT molecular complexity index is 852. The van der Waals surface area contributed by atoms with E-state index >= 15 is 0 Å². The number of anilines is 1. The Morgan fingerprint density at radius 2 is 1.91 bits per heavy atom. The summed E-state index contributed by atoms with van der Waals surface area (Å²) in [6.45, 7) is 1.88. The van der Waals surface area contributed by atoms with Gasteiger partial charge in [-0.2, -0.15) is 4.52 Å². The van der Waals surface area contributed by atoms with Crippen LogP contribution in [0.2, 0.25) is 10.0 Å². The summed E-state index contributed by atoms with van der Waals surface area (Å²) in [5.41, 5.74) is 1.07. The van der Waals surface area contributed by atoms with E-state index in [0.29, 0.717) is 15.9 Å². The van der Waals surface area contributed by atoms with Crippen LogP contribution in [-0.4, -0.2) is 19.8 Å². The fourth-order valence-corrected chi connectivity index (χ4v) is 2.74. The molecule has 3 aromatic rings. The molecule has 2 aromatic heterocycles. The van der Waals surface area contributed by atoms with Gasteiger partial charge in [0.05, 0.1) is 6.04 Å². The predicted octanol–water partition coefficient (Wildman–Crippen LogP) is 4.54. The van der Waals surface area contributed by atoms with E-state index in [0.717, 1.165) is 10.1 Å². The smallest absolute Gasteiger partial charge is 0.299 e. The summed E-state index contributed by atoms with van der Waals surface area (Å²) in [5.74, 6) is -0.0986. The van der Waals surface area contributed by atoms with Crippen molar-refractivity contribution in [3.63, 3.8) is 0 Å². The number of rotatable bonds is 4. The molecule has 120 valence electrons. The van der Waals surface area contributed by atoms with Gasteiger partial charge in [-0.25, -0.2) is 8.78 Å². The molecule has 0 saturated heterocycles. The van der Waals surface area contributed by atoms with Gasteiger partial charge in [0.25, 0.3) is 6.43 Å². The van der Waals surface area contributed by atoms with Crippen LogP contribution in [0.1, 0.15) is 30.8 Å². The largest absolute Gasteiger partial charge is 0.362 e. The molecule has 2 heterocycles. The van der Waals surface area contributed by atoms with E-state index in [1.807, 2.05) is 6.92 Å². The van der Waals surface area contributed by atoms with Crippen molar-refractivity contribution in [3.8, 4) is 0 Å². The number of fused-ring (bicyclic) bond motifs is 1. The second-order valence-electron chi connectivity index (χ2n) is 4.88. The molecule has 1 atom stereocenters. The van der Waals surface area contributed by atoms with Gasteiger partial charge >= 0.3 is 0 Å². The van der Waals surface area contributed by atoms with Crippen LogP contribution >= 0.6 is 23.2 Å². The number of nitrogens with one attached hydrogen (secondary N) is 1. The molecule has 3 rings (SSSR count).